The molecule has 0 radical (unpaired) electrons. The number of esters is 1. The Bertz CT molecular complexity index is 515. The van der Waals surface area contributed by atoms with Gasteiger partial charge in [0.05, 0.1) is 19.3 Å². The highest BCUT2D eigenvalue weighted by Crippen LogP contribution is 2.31. The Hall–Kier alpha value is -1.55. The largest absolute Gasteiger partial charge is 0.497 e. The van der Waals surface area contributed by atoms with Crippen molar-refractivity contribution in [3.05, 3.63) is 29.8 Å². The van der Waals surface area contributed by atoms with Crippen LogP contribution in [0.25, 0.3) is 0 Å². The van der Waals surface area contributed by atoms with Gasteiger partial charge in [-0.25, -0.2) is 4.79 Å². The Kier molecular flexibility index (Phi) is 4.98. The summed E-state index contributed by atoms with van der Waals surface area (Å²) in [6, 6.07) is 7.77. The molecule has 0 N–H and O–H groups in total. The number of fused-ring (bicyclic) bond motifs is 1. The van der Waals surface area contributed by atoms with Crippen LogP contribution in [0.1, 0.15) is 42.5 Å². The molecule has 0 amide bonds. The standard InChI is InChI=1S/C18H25NO3/c1-21-16-8-4-6-14(12-16)18(20)22-13-15-7-5-11-19-10-3-2-9-17(15)19/h4,6,8,12,15,17H,2-3,5,7,9-11,13H2,1H3/t15-,17+/m0/s1. The molecule has 2 aliphatic rings. The molecule has 0 aliphatic carbocycles. The zero-order valence-corrected chi connectivity index (χ0v) is 13.3. The number of carbonyl (C=O) groups is 1. The van der Waals surface area contributed by atoms with Gasteiger partial charge in [0.15, 0.2) is 0 Å². The molecule has 1 aromatic rings. The maximum absolute atomic E-state index is 12.2. The quantitative estimate of drug-likeness (QED) is 0.801. The number of methoxy groups -OCH3 is 1. The second kappa shape index (κ2) is 7.14. The SMILES string of the molecule is COc1cccc(C(=O)OC[C@@H]2CCCN3CCCC[C@H]23)c1. The van der Waals surface area contributed by atoms with E-state index in [1.807, 2.05) is 12.1 Å². The van der Waals surface area contributed by atoms with Crippen molar-refractivity contribution in [2.75, 3.05) is 26.8 Å². The van der Waals surface area contributed by atoms with Crippen molar-refractivity contribution in [3.63, 3.8) is 0 Å². The molecule has 1 aromatic carbocycles. The summed E-state index contributed by atoms with van der Waals surface area (Å²) in [6.45, 7) is 2.97. The van der Waals surface area contributed by atoms with Gasteiger partial charge in [-0.1, -0.05) is 12.5 Å². The molecule has 120 valence electrons. The van der Waals surface area contributed by atoms with Gasteiger partial charge in [0.1, 0.15) is 5.75 Å². The second-order valence-corrected chi connectivity index (χ2v) is 6.33. The van der Waals surface area contributed by atoms with Crippen molar-refractivity contribution in [2.45, 2.75) is 38.1 Å². The van der Waals surface area contributed by atoms with E-state index in [1.165, 1.54) is 45.2 Å². The molecule has 0 aromatic heterocycles. The number of benzene rings is 1. The van der Waals surface area contributed by atoms with Gasteiger partial charge in [0, 0.05) is 12.0 Å². The van der Waals surface area contributed by atoms with E-state index < -0.39 is 0 Å². The average Bonchev–Trinajstić information content (AvgIpc) is 2.59. The predicted molar refractivity (Wildman–Crippen MR) is 85.2 cm³/mol. The Morgan fingerprint density at radius 3 is 2.95 bits per heavy atom. The molecule has 0 bridgehead atoms. The van der Waals surface area contributed by atoms with Gasteiger partial charge in [0.2, 0.25) is 0 Å². The van der Waals surface area contributed by atoms with E-state index in [2.05, 4.69) is 4.90 Å². The topological polar surface area (TPSA) is 38.8 Å². The van der Waals surface area contributed by atoms with Gasteiger partial charge in [-0.15, -0.1) is 0 Å². The summed E-state index contributed by atoms with van der Waals surface area (Å²) in [7, 11) is 1.60. The Morgan fingerprint density at radius 1 is 1.23 bits per heavy atom. The molecule has 2 heterocycles. The molecule has 3 rings (SSSR count). The van der Waals surface area contributed by atoms with Crippen LogP contribution in [-0.4, -0.2) is 43.7 Å². The molecule has 2 fully saturated rings. The van der Waals surface area contributed by atoms with Crippen molar-refractivity contribution in [1.29, 1.82) is 0 Å². The molecule has 0 spiro atoms. The summed E-state index contributed by atoms with van der Waals surface area (Å²) in [6.07, 6.45) is 6.26. The Labute approximate surface area is 132 Å². The van der Waals surface area contributed by atoms with Crippen LogP contribution in [0.4, 0.5) is 0 Å². The maximum atomic E-state index is 12.2. The van der Waals surface area contributed by atoms with E-state index in [1.54, 1.807) is 19.2 Å². The lowest BCUT2D eigenvalue weighted by Crippen LogP contribution is -2.49. The van der Waals surface area contributed by atoms with Gasteiger partial charge in [-0.3, -0.25) is 4.90 Å². The summed E-state index contributed by atoms with van der Waals surface area (Å²) >= 11 is 0. The first kappa shape index (κ1) is 15.3. The van der Waals surface area contributed by atoms with Crippen LogP contribution in [-0.2, 0) is 4.74 Å². The third-order valence-electron chi connectivity index (χ3n) is 4.96. The summed E-state index contributed by atoms with van der Waals surface area (Å²) in [5.41, 5.74) is 0.565. The normalized spacial score (nSPS) is 25.3. The molecule has 0 unspecified atom stereocenters. The number of carbonyl (C=O) groups excluding carboxylic acids is 1. The van der Waals surface area contributed by atoms with Gasteiger partial charge in [-0.05, 0) is 57.0 Å². The third kappa shape index (κ3) is 3.43. The maximum Gasteiger partial charge on any atom is 0.338 e. The minimum atomic E-state index is -0.244. The van der Waals surface area contributed by atoms with Crippen LogP contribution in [0.5, 0.6) is 5.75 Å². The fourth-order valence-corrected chi connectivity index (χ4v) is 3.79. The molecular formula is C18H25NO3. The van der Waals surface area contributed by atoms with Gasteiger partial charge < -0.3 is 9.47 Å². The fourth-order valence-electron chi connectivity index (χ4n) is 3.79. The van der Waals surface area contributed by atoms with Crippen LogP contribution in [0.15, 0.2) is 24.3 Å². The van der Waals surface area contributed by atoms with Crippen molar-refractivity contribution in [3.8, 4) is 5.75 Å². The highest BCUT2D eigenvalue weighted by atomic mass is 16.5. The number of nitrogens with zero attached hydrogens (tertiary/aromatic N) is 1. The van der Waals surface area contributed by atoms with E-state index in [4.69, 9.17) is 9.47 Å². The van der Waals surface area contributed by atoms with E-state index in [0.717, 1.165) is 0 Å². The second-order valence-electron chi connectivity index (χ2n) is 6.33. The highest BCUT2D eigenvalue weighted by molar-refractivity contribution is 5.89. The van der Waals surface area contributed by atoms with E-state index >= 15 is 0 Å². The first-order chi connectivity index (χ1) is 10.8. The predicted octanol–water partition coefficient (Wildman–Crippen LogP) is 3.12. The number of hydrogen-bond acceptors (Lipinski definition) is 4. The van der Waals surface area contributed by atoms with E-state index in [0.29, 0.717) is 29.9 Å². The minimum Gasteiger partial charge on any atom is -0.497 e. The van der Waals surface area contributed by atoms with Crippen molar-refractivity contribution < 1.29 is 14.3 Å². The van der Waals surface area contributed by atoms with Crippen molar-refractivity contribution in [2.24, 2.45) is 5.92 Å². The van der Waals surface area contributed by atoms with Crippen LogP contribution < -0.4 is 4.74 Å². The number of rotatable bonds is 4. The summed E-state index contributed by atoms with van der Waals surface area (Å²) in [5.74, 6) is 0.931. The van der Waals surface area contributed by atoms with Crippen molar-refractivity contribution >= 4 is 5.97 Å². The van der Waals surface area contributed by atoms with Crippen LogP contribution in [0.2, 0.25) is 0 Å². The summed E-state index contributed by atoms with van der Waals surface area (Å²) in [4.78, 5) is 14.8. The van der Waals surface area contributed by atoms with E-state index in [-0.39, 0.29) is 5.97 Å². The summed E-state index contributed by atoms with van der Waals surface area (Å²) in [5, 5.41) is 0. The first-order valence-electron chi connectivity index (χ1n) is 8.33. The number of ether oxygens (including phenoxy) is 2. The molecule has 0 saturated carbocycles. The van der Waals surface area contributed by atoms with E-state index in [9.17, 15) is 4.79 Å². The van der Waals surface area contributed by atoms with Gasteiger partial charge in [0.25, 0.3) is 0 Å². The minimum absolute atomic E-state index is 0.244. The van der Waals surface area contributed by atoms with Crippen LogP contribution >= 0.6 is 0 Å². The molecule has 4 nitrogen and oxygen atoms in total. The lowest BCUT2D eigenvalue weighted by atomic mass is 9.84. The van der Waals surface area contributed by atoms with Gasteiger partial charge >= 0.3 is 5.97 Å². The average molecular weight is 303 g/mol. The zero-order chi connectivity index (χ0) is 15.4. The van der Waals surface area contributed by atoms with Crippen LogP contribution in [0.3, 0.4) is 0 Å². The molecule has 4 heteroatoms. The van der Waals surface area contributed by atoms with Crippen LogP contribution in [0, 0.1) is 5.92 Å². The zero-order valence-electron chi connectivity index (χ0n) is 13.3. The number of hydrogen-bond donors (Lipinski definition) is 0. The molecular weight excluding hydrogens is 278 g/mol. The molecule has 22 heavy (non-hydrogen) atoms. The smallest absolute Gasteiger partial charge is 0.338 e. The van der Waals surface area contributed by atoms with Gasteiger partial charge in [-0.2, -0.15) is 0 Å². The molecule has 2 atom stereocenters. The lowest BCUT2D eigenvalue weighted by Gasteiger charge is -2.44. The fraction of sp³-hybridized carbons (Fsp3) is 0.611. The molecule has 2 saturated heterocycles. The monoisotopic (exact) mass is 303 g/mol. The Balaban J connectivity index is 1.57. The molecule has 2 aliphatic heterocycles. The van der Waals surface area contributed by atoms with Crippen molar-refractivity contribution in [1.82, 2.24) is 4.90 Å². The first-order valence-corrected chi connectivity index (χ1v) is 8.33. The Morgan fingerprint density at radius 2 is 2.09 bits per heavy atom. The number of piperidine rings is 2. The lowest BCUT2D eigenvalue weighted by molar-refractivity contribution is 0.00737. The highest BCUT2D eigenvalue weighted by Gasteiger charge is 2.33. The third-order valence-corrected chi connectivity index (χ3v) is 4.96. The summed E-state index contributed by atoms with van der Waals surface area (Å²) < 4.78 is 10.8.